The number of hydrogen-bond donors (Lipinski definition) is 0. The molecule has 0 bridgehead atoms. The van der Waals surface area contributed by atoms with E-state index in [1.54, 1.807) is 25.3 Å². The maximum Gasteiger partial charge on any atom is 0.243 e. The lowest BCUT2D eigenvalue weighted by Crippen LogP contribution is -2.53. The number of sulfonamides is 1. The molecule has 2 heterocycles. The molecule has 0 aliphatic carbocycles. The molecule has 2 saturated heterocycles. The minimum absolute atomic E-state index is 0.0493. The summed E-state index contributed by atoms with van der Waals surface area (Å²) in [7, 11) is -2.11. The molecule has 34 heavy (non-hydrogen) atoms. The molecular formula is C25H32ClN3O4S. The zero-order valence-electron chi connectivity index (χ0n) is 20.0. The molecule has 1 amide bonds. The van der Waals surface area contributed by atoms with Crippen LogP contribution in [-0.4, -0.2) is 69.9 Å². The van der Waals surface area contributed by atoms with Crippen molar-refractivity contribution in [3.63, 3.8) is 0 Å². The van der Waals surface area contributed by atoms with Crippen LogP contribution in [0.5, 0.6) is 5.75 Å². The van der Waals surface area contributed by atoms with Crippen LogP contribution in [-0.2, 0) is 14.8 Å². The van der Waals surface area contributed by atoms with Gasteiger partial charge in [-0.15, -0.1) is 0 Å². The number of halogens is 1. The number of methoxy groups -OCH3 is 1. The Morgan fingerprint density at radius 1 is 1.00 bits per heavy atom. The topological polar surface area (TPSA) is 70.2 Å². The Bertz CT molecular complexity index is 1160. The number of anilines is 1. The van der Waals surface area contributed by atoms with Gasteiger partial charge in [-0.25, -0.2) is 8.42 Å². The molecule has 2 aromatic carbocycles. The summed E-state index contributed by atoms with van der Waals surface area (Å²) in [6.45, 7) is 7.23. The molecular weight excluding hydrogens is 474 g/mol. The molecule has 1 atom stereocenters. The Kier molecular flexibility index (Phi) is 7.40. The third kappa shape index (κ3) is 5.04. The van der Waals surface area contributed by atoms with E-state index in [-0.39, 0.29) is 23.3 Å². The standard InChI is InChI=1S/C25H32ClN3O4S/c1-18-6-7-21(26)16-23(18)27-11-13-28(14-12-27)25(30)20-5-4-10-29(17-20)34(31,32)22-8-9-24(33-3)19(2)15-22/h6-9,15-16,20H,4-5,10-14,17H2,1-3H3/t20-/m0/s1. The minimum atomic E-state index is -3.67. The van der Waals surface area contributed by atoms with Crippen molar-refractivity contribution >= 4 is 33.2 Å². The number of piperidine rings is 1. The van der Waals surface area contributed by atoms with Crippen molar-refractivity contribution in [3.8, 4) is 5.75 Å². The van der Waals surface area contributed by atoms with Crippen molar-refractivity contribution in [3.05, 3.63) is 52.5 Å². The SMILES string of the molecule is COc1ccc(S(=O)(=O)N2CCC[C@H](C(=O)N3CCN(c4cc(Cl)ccc4C)CC3)C2)cc1C. The summed E-state index contributed by atoms with van der Waals surface area (Å²) in [4.78, 5) is 17.7. The van der Waals surface area contributed by atoms with Crippen molar-refractivity contribution in [1.82, 2.24) is 9.21 Å². The highest BCUT2D eigenvalue weighted by atomic mass is 35.5. The number of amides is 1. The molecule has 4 rings (SSSR count). The second kappa shape index (κ2) is 10.1. The monoisotopic (exact) mass is 505 g/mol. The third-order valence-electron chi connectivity index (χ3n) is 6.84. The third-order valence-corrected chi connectivity index (χ3v) is 8.94. The van der Waals surface area contributed by atoms with E-state index in [4.69, 9.17) is 16.3 Å². The van der Waals surface area contributed by atoms with Gasteiger partial charge >= 0.3 is 0 Å². The summed E-state index contributed by atoms with van der Waals surface area (Å²) in [6.07, 6.45) is 1.38. The van der Waals surface area contributed by atoms with Gasteiger partial charge in [0.1, 0.15) is 5.75 Å². The van der Waals surface area contributed by atoms with E-state index < -0.39 is 10.0 Å². The van der Waals surface area contributed by atoms with Crippen LogP contribution in [0.1, 0.15) is 24.0 Å². The number of ether oxygens (including phenoxy) is 1. The van der Waals surface area contributed by atoms with Gasteiger partial charge in [0.05, 0.1) is 17.9 Å². The smallest absolute Gasteiger partial charge is 0.243 e. The summed E-state index contributed by atoms with van der Waals surface area (Å²) in [5, 5.41) is 0.703. The van der Waals surface area contributed by atoms with Crippen LogP contribution in [0.2, 0.25) is 5.02 Å². The molecule has 9 heteroatoms. The van der Waals surface area contributed by atoms with Crippen molar-refractivity contribution in [2.75, 3.05) is 51.3 Å². The molecule has 0 aromatic heterocycles. The van der Waals surface area contributed by atoms with Gasteiger partial charge in [0, 0.05) is 50.0 Å². The average molecular weight is 506 g/mol. The maximum atomic E-state index is 13.3. The van der Waals surface area contributed by atoms with E-state index in [1.807, 2.05) is 30.0 Å². The maximum absolute atomic E-state index is 13.3. The normalized spacial score (nSPS) is 19.8. The number of aryl methyl sites for hydroxylation is 2. The first-order valence-electron chi connectivity index (χ1n) is 11.7. The van der Waals surface area contributed by atoms with Gasteiger partial charge in [-0.2, -0.15) is 4.31 Å². The van der Waals surface area contributed by atoms with Crippen molar-refractivity contribution < 1.29 is 17.9 Å². The lowest BCUT2D eigenvalue weighted by atomic mass is 9.97. The molecule has 0 N–H and O–H groups in total. The molecule has 2 aliphatic heterocycles. The molecule has 0 spiro atoms. The molecule has 2 aromatic rings. The van der Waals surface area contributed by atoms with Crippen LogP contribution in [0.4, 0.5) is 5.69 Å². The highest BCUT2D eigenvalue weighted by molar-refractivity contribution is 7.89. The number of benzene rings is 2. The van der Waals surface area contributed by atoms with Gasteiger partial charge in [-0.3, -0.25) is 4.79 Å². The van der Waals surface area contributed by atoms with Crippen molar-refractivity contribution in [1.29, 1.82) is 0 Å². The van der Waals surface area contributed by atoms with Crippen LogP contribution in [0, 0.1) is 19.8 Å². The largest absolute Gasteiger partial charge is 0.496 e. The van der Waals surface area contributed by atoms with E-state index in [9.17, 15) is 13.2 Å². The Morgan fingerprint density at radius 3 is 2.41 bits per heavy atom. The lowest BCUT2D eigenvalue weighted by molar-refractivity contribution is -0.137. The van der Waals surface area contributed by atoms with Gasteiger partial charge in [-0.05, 0) is 68.1 Å². The first-order chi connectivity index (χ1) is 16.2. The highest BCUT2D eigenvalue weighted by Crippen LogP contribution is 2.29. The number of rotatable bonds is 5. The molecule has 2 fully saturated rings. The summed E-state index contributed by atoms with van der Waals surface area (Å²) in [6, 6.07) is 10.8. The number of carbonyl (C=O) groups excluding carboxylic acids is 1. The van der Waals surface area contributed by atoms with Gasteiger partial charge in [-0.1, -0.05) is 17.7 Å². The second-order valence-electron chi connectivity index (χ2n) is 9.08. The van der Waals surface area contributed by atoms with E-state index >= 15 is 0 Å². The lowest BCUT2D eigenvalue weighted by Gasteiger charge is -2.40. The van der Waals surface area contributed by atoms with Gasteiger partial charge in [0.2, 0.25) is 15.9 Å². The van der Waals surface area contributed by atoms with Crippen LogP contribution in [0.25, 0.3) is 0 Å². The van der Waals surface area contributed by atoms with Crippen LogP contribution in [0.15, 0.2) is 41.3 Å². The number of nitrogens with zero attached hydrogens (tertiary/aromatic N) is 3. The van der Waals surface area contributed by atoms with E-state index in [2.05, 4.69) is 11.8 Å². The summed E-state index contributed by atoms with van der Waals surface area (Å²) in [5.74, 6) is 0.383. The van der Waals surface area contributed by atoms with E-state index in [0.29, 0.717) is 43.2 Å². The Hall–Kier alpha value is -2.29. The summed E-state index contributed by atoms with van der Waals surface area (Å²) < 4.78 is 33.3. The second-order valence-corrected chi connectivity index (χ2v) is 11.5. The number of hydrogen-bond acceptors (Lipinski definition) is 5. The number of carbonyl (C=O) groups is 1. The fourth-order valence-corrected chi connectivity index (χ4v) is 6.65. The molecule has 2 aliphatic rings. The fourth-order valence-electron chi connectivity index (χ4n) is 4.87. The molecule has 0 saturated carbocycles. The molecule has 184 valence electrons. The predicted molar refractivity (Wildman–Crippen MR) is 134 cm³/mol. The Labute approximate surface area is 207 Å². The first kappa shape index (κ1) is 24.8. The van der Waals surface area contributed by atoms with Crippen LogP contribution >= 0.6 is 11.6 Å². The Morgan fingerprint density at radius 2 is 1.74 bits per heavy atom. The minimum Gasteiger partial charge on any atom is -0.496 e. The first-order valence-corrected chi connectivity index (χ1v) is 13.5. The molecule has 0 radical (unpaired) electrons. The highest BCUT2D eigenvalue weighted by Gasteiger charge is 2.36. The van der Waals surface area contributed by atoms with Crippen molar-refractivity contribution in [2.45, 2.75) is 31.6 Å². The molecule has 7 nitrogen and oxygen atoms in total. The van der Waals surface area contributed by atoms with Crippen molar-refractivity contribution in [2.24, 2.45) is 5.92 Å². The molecule has 0 unspecified atom stereocenters. The summed E-state index contributed by atoms with van der Waals surface area (Å²) in [5.41, 5.74) is 3.02. The fraction of sp³-hybridized carbons (Fsp3) is 0.480. The average Bonchev–Trinajstić information content (AvgIpc) is 2.85. The van der Waals surface area contributed by atoms with Gasteiger partial charge < -0.3 is 14.5 Å². The zero-order valence-corrected chi connectivity index (χ0v) is 21.5. The van der Waals surface area contributed by atoms with Gasteiger partial charge in [0.25, 0.3) is 0 Å². The zero-order chi connectivity index (χ0) is 24.5. The van der Waals surface area contributed by atoms with Crippen LogP contribution < -0.4 is 9.64 Å². The number of piperazine rings is 1. The van der Waals surface area contributed by atoms with E-state index in [0.717, 1.165) is 29.9 Å². The van der Waals surface area contributed by atoms with E-state index in [1.165, 1.54) is 4.31 Å². The van der Waals surface area contributed by atoms with Crippen LogP contribution in [0.3, 0.4) is 0 Å². The Balaban J connectivity index is 1.41. The predicted octanol–water partition coefficient (Wildman–Crippen LogP) is 3.71. The summed E-state index contributed by atoms with van der Waals surface area (Å²) >= 11 is 6.18. The quantitative estimate of drug-likeness (QED) is 0.619. The van der Waals surface area contributed by atoms with Gasteiger partial charge in [0.15, 0.2) is 0 Å².